The second-order valence-electron chi connectivity index (χ2n) is 4.30. The summed E-state index contributed by atoms with van der Waals surface area (Å²) in [5.41, 5.74) is 0.733. The van der Waals surface area contributed by atoms with Crippen molar-refractivity contribution in [3.05, 3.63) is 24.3 Å². The van der Waals surface area contributed by atoms with Crippen molar-refractivity contribution in [2.75, 3.05) is 10.6 Å². The highest BCUT2D eigenvalue weighted by molar-refractivity contribution is 9.09. The number of halogens is 1. The minimum absolute atomic E-state index is 0.0428. The Kier molecular flexibility index (Phi) is 7.49. The van der Waals surface area contributed by atoms with Crippen LogP contribution in [-0.2, 0) is 4.79 Å². The first-order valence-electron chi connectivity index (χ1n) is 6.37. The number of carbonyl (C=O) groups excluding carboxylic acids is 1. The number of nitrogens with one attached hydrogen (secondary N) is 1. The molecule has 0 aliphatic carbocycles. The van der Waals surface area contributed by atoms with E-state index in [1.807, 2.05) is 0 Å². The van der Waals surface area contributed by atoms with Crippen molar-refractivity contribution < 1.29 is 9.90 Å². The van der Waals surface area contributed by atoms with Crippen molar-refractivity contribution in [3.8, 4) is 5.75 Å². The van der Waals surface area contributed by atoms with Crippen molar-refractivity contribution in [2.24, 2.45) is 0 Å². The summed E-state index contributed by atoms with van der Waals surface area (Å²) in [5.74, 6) is 0.251. The molecule has 0 saturated heterocycles. The Labute approximate surface area is 117 Å². The molecular weight excluding hydrogens is 294 g/mol. The lowest BCUT2D eigenvalue weighted by Gasteiger charge is -2.05. The molecule has 1 rings (SSSR count). The van der Waals surface area contributed by atoms with Gasteiger partial charge in [-0.3, -0.25) is 4.79 Å². The molecule has 1 aromatic rings. The van der Waals surface area contributed by atoms with Crippen LogP contribution in [0.3, 0.4) is 0 Å². The van der Waals surface area contributed by atoms with Crippen molar-refractivity contribution in [1.82, 2.24) is 0 Å². The summed E-state index contributed by atoms with van der Waals surface area (Å²) in [6, 6.07) is 6.53. The van der Waals surface area contributed by atoms with Crippen LogP contribution in [0.4, 0.5) is 5.69 Å². The van der Waals surface area contributed by atoms with E-state index in [2.05, 4.69) is 21.2 Å². The summed E-state index contributed by atoms with van der Waals surface area (Å²) in [6.45, 7) is 0. The fourth-order valence-corrected chi connectivity index (χ4v) is 2.08. The number of unbranched alkanes of at least 4 members (excludes halogenated alkanes) is 4. The average molecular weight is 314 g/mol. The van der Waals surface area contributed by atoms with Gasteiger partial charge in [-0.05, 0) is 37.1 Å². The monoisotopic (exact) mass is 313 g/mol. The number of aromatic hydroxyl groups is 1. The second-order valence-corrected chi connectivity index (χ2v) is 5.09. The van der Waals surface area contributed by atoms with Crippen LogP contribution in [0, 0.1) is 0 Å². The molecule has 0 spiro atoms. The van der Waals surface area contributed by atoms with Gasteiger partial charge in [-0.15, -0.1) is 0 Å². The van der Waals surface area contributed by atoms with Gasteiger partial charge in [-0.1, -0.05) is 35.2 Å². The molecule has 1 amide bonds. The molecule has 0 aromatic heterocycles. The molecule has 0 atom stereocenters. The first-order valence-corrected chi connectivity index (χ1v) is 7.49. The van der Waals surface area contributed by atoms with Gasteiger partial charge in [0.2, 0.25) is 5.91 Å². The van der Waals surface area contributed by atoms with Gasteiger partial charge in [0.25, 0.3) is 0 Å². The van der Waals surface area contributed by atoms with E-state index in [0.717, 1.165) is 23.9 Å². The minimum Gasteiger partial charge on any atom is -0.508 e. The molecular formula is C14H20BrNO2. The zero-order valence-corrected chi connectivity index (χ0v) is 12.1. The number of hydrogen-bond acceptors (Lipinski definition) is 2. The third-order valence-corrected chi connectivity index (χ3v) is 3.25. The van der Waals surface area contributed by atoms with Crippen LogP contribution in [0.2, 0.25) is 0 Å². The van der Waals surface area contributed by atoms with Gasteiger partial charge in [-0.2, -0.15) is 0 Å². The second kappa shape index (κ2) is 8.97. The zero-order chi connectivity index (χ0) is 13.2. The molecule has 0 radical (unpaired) electrons. The van der Waals surface area contributed by atoms with E-state index >= 15 is 0 Å². The predicted octanol–water partition coefficient (Wildman–Crippen LogP) is 4.07. The number of amides is 1. The maximum atomic E-state index is 11.6. The van der Waals surface area contributed by atoms with Crippen LogP contribution in [0.15, 0.2) is 24.3 Å². The molecule has 4 heteroatoms. The highest BCUT2D eigenvalue weighted by atomic mass is 79.9. The third kappa shape index (κ3) is 6.64. The van der Waals surface area contributed by atoms with Crippen molar-refractivity contribution >= 4 is 27.5 Å². The van der Waals surface area contributed by atoms with E-state index in [1.54, 1.807) is 24.3 Å². The number of benzene rings is 1. The summed E-state index contributed by atoms with van der Waals surface area (Å²) < 4.78 is 0. The Balaban J connectivity index is 2.12. The lowest BCUT2D eigenvalue weighted by Crippen LogP contribution is -2.10. The molecule has 100 valence electrons. The Morgan fingerprint density at radius 3 is 2.33 bits per heavy atom. The zero-order valence-electron chi connectivity index (χ0n) is 10.5. The lowest BCUT2D eigenvalue weighted by molar-refractivity contribution is -0.116. The average Bonchev–Trinajstić information content (AvgIpc) is 2.36. The number of hydrogen-bond donors (Lipinski definition) is 2. The standard InChI is InChI=1S/C14H20BrNO2/c15-11-5-3-1-2-4-6-14(18)16-12-7-9-13(17)10-8-12/h7-10,17H,1-6,11H2,(H,16,18). The smallest absolute Gasteiger partial charge is 0.224 e. The molecule has 0 aliphatic heterocycles. The highest BCUT2D eigenvalue weighted by Crippen LogP contribution is 2.14. The largest absolute Gasteiger partial charge is 0.508 e. The van der Waals surface area contributed by atoms with E-state index in [4.69, 9.17) is 5.11 Å². The Hall–Kier alpha value is -1.03. The number of phenols is 1. The van der Waals surface area contributed by atoms with Crippen LogP contribution in [0.5, 0.6) is 5.75 Å². The Morgan fingerprint density at radius 1 is 1.06 bits per heavy atom. The van der Waals surface area contributed by atoms with Crippen LogP contribution in [-0.4, -0.2) is 16.3 Å². The molecule has 0 fully saturated rings. The summed E-state index contributed by atoms with van der Waals surface area (Å²) in [5, 5.41) is 13.0. The fraction of sp³-hybridized carbons (Fsp3) is 0.500. The van der Waals surface area contributed by atoms with Gasteiger partial charge in [0.05, 0.1) is 0 Å². The van der Waals surface area contributed by atoms with Crippen LogP contribution >= 0.6 is 15.9 Å². The van der Waals surface area contributed by atoms with Gasteiger partial charge in [-0.25, -0.2) is 0 Å². The summed E-state index contributed by atoms with van der Waals surface area (Å²) >= 11 is 3.40. The topological polar surface area (TPSA) is 49.3 Å². The quantitative estimate of drug-likeness (QED) is 0.432. The van der Waals surface area contributed by atoms with Gasteiger partial charge in [0, 0.05) is 17.4 Å². The summed E-state index contributed by atoms with van der Waals surface area (Å²) in [7, 11) is 0. The van der Waals surface area contributed by atoms with Crippen molar-refractivity contribution in [1.29, 1.82) is 0 Å². The summed E-state index contributed by atoms with van der Waals surface area (Å²) in [4.78, 5) is 11.6. The van der Waals surface area contributed by atoms with E-state index in [9.17, 15) is 4.79 Å². The normalized spacial score (nSPS) is 10.3. The molecule has 2 N–H and O–H groups in total. The molecule has 0 heterocycles. The number of rotatable bonds is 8. The molecule has 0 saturated carbocycles. The number of carbonyl (C=O) groups is 1. The molecule has 0 unspecified atom stereocenters. The fourth-order valence-electron chi connectivity index (χ4n) is 1.68. The minimum atomic E-state index is 0.0428. The number of phenolic OH excluding ortho intramolecular Hbond substituents is 1. The van der Waals surface area contributed by atoms with Crippen LogP contribution < -0.4 is 5.32 Å². The first kappa shape index (κ1) is 15.0. The van der Waals surface area contributed by atoms with E-state index in [-0.39, 0.29) is 11.7 Å². The number of anilines is 1. The van der Waals surface area contributed by atoms with Gasteiger partial charge in [0.15, 0.2) is 0 Å². The predicted molar refractivity (Wildman–Crippen MR) is 78.2 cm³/mol. The van der Waals surface area contributed by atoms with Crippen molar-refractivity contribution in [2.45, 2.75) is 38.5 Å². The van der Waals surface area contributed by atoms with Gasteiger partial charge in [0.1, 0.15) is 5.75 Å². The Bertz CT molecular complexity index is 351. The highest BCUT2D eigenvalue weighted by Gasteiger charge is 2.02. The maximum absolute atomic E-state index is 11.6. The van der Waals surface area contributed by atoms with Gasteiger partial charge >= 0.3 is 0 Å². The maximum Gasteiger partial charge on any atom is 0.224 e. The lowest BCUT2D eigenvalue weighted by atomic mass is 10.1. The van der Waals surface area contributed by atoms with Gasteiger partial charge < -0.3 is 10.4 Å². The third-order valence-electron chi connectivity index (χ3n) is 2.69. The van der Waals surface area contributed by atoms with Crippen LogP contribution in [0.25, 0.3) is 0 Å². The van der Waals surface area contributed by atoms with E-state index < -0.39 is 0 Å². The SMILES string of the molecule is O=C(CCCCCCCBr)Nc1ccc(O)cc1. The van der Waals surface area contributed by atoms with Crippen LogP contribution in [0.1, 0.15) is 38.5 Å². The van der Waals surface area contributed by atoms with E-state index in [0.29, 0.717) is 6.42 Å². The molecule has 1 aromatic carbocycles. The number of alkyl halides is 1. The molecule has 3 nitrogen and oxygen atoms in total. The summed E-state index contributed by atoms with van der Waals surface area (Å²) in [6.07, 6.45) is 6.24. The Morgan fingerprint density at radius 2 is 1.67 bits per heavy atom. The molecule has 0 aliphatic rings. The first-order chi connectivity index (χ1) is 8.72. The van der Waals surface area contributed by atoms with Crippen molar-refractivity contribution in [3.63, 3.8) is 0 Å². The van der Waals surface area contributed by atoms with E-state index in [1.165, 1.54) is 19.3 Å². The molecule has 18 heavy (non-hydrogen) atoms. The molecule has 0 bridgehead atoms.